The Labute approximate surface area is 226 Å². The predicted molar refractivity (Wildman–Crippen MR) is 145 cm³/mol. The minimum absolute atomic E-state index is 0.0782. The van der Waals surface area contributed by atoms with Crippen LogP contribution in [0.1, 0.15) is 22.8 Å². The summed E-state index contributed by atoms with van der Waals surface area (Å²) in [5.74, 6) is -1.57. The summed E-state index contributed by atoms with van der Waals surface area (Å²) < 4.78 is 27.2. The van der Waals surface area contributed by atoms with Crippen molar-refractivity contribution in [3.63, 3.8) is 0 Å². The van der Waals surface area contributed by atoms with Crippen molar-refractivity contribution in [3.8, 4) is 0 Å². The normalized spacial score (nSPS) is 13.1. The Hall–Kier alpha value is -4.47. The van der Waals surface area contributed by atoms with Crippen molar-refractivity contribution in [2.24, 2.45) is 0 Å². The molecule has 0 atom stereocenters. The molecule has 1 aliphatic rings. The van der Waals surface area contributed by atoms with Gasteiger partial charge in [0.15, 0.2) is 0 Å². The summed E-state index contributed by atoms with van der Waals surface area (Å²) in [5, 5.41) is 5.51. The SMILES string of the molecule is CCNC(=O)N(CC(=O)Nc1ccc(N2CCN(C(=O)c3ccccc3F)CC2)cc1)Cc1ccc(F)cc1. The van der Waals surface area contributed by atoms with Crippen LogP contribution in [0.3, 0.4) is 0 Å². The van der Waals surface area contributed by atoms with E-state index < -0.39 is 5.82 Å². The van der Waals surface area contributed by atoms with Crippen molar-refractivity contribution in [2.45, 2.75) is 13.5 Å². The Balaban J connectivity index is 1.31. The molecule has 10 heteroatoms. The van der Waals surface area contributed by atoms with Gasteiger partial charge < -0.3 is 25.3 Å². The Bertz CT molecular complexity index is 1290. The molecule has 0 spiro atoms. The van der Waals surface area contributed by atoms with E-state index in [4.69, 9.17) is 0 Å². The number of carbonyl (C=O) groups is 3. The first-order valence-corrected chi connectivity index (χ1v) is 12.8. The van der Waals surface area contributed by atoms with E-state index in [-0.39, 0.29) is 42.3 Å². The average molecular weight is 536 g/mol. The highest BCUT2D eigenvalue weighted by molar-refractivity contribution is 5.95. The van der Waals surface area contributed by atoms with Crippen LogP contribution in [-0.4, -0.2) is 66.9 Å². The zero-order chi connectivity index (χ0) is 27.8. The van der Waals surface area contributed by atoms with Crippen LogP contribution in [0.15, 0.2) is 72.8 Å². The molecule has 0 bridgehead atoms. The molecule has 39 heavy (non-hydrogen) atoms. The van der Waals surface area contributed by atoms with E-state index in [1.807, 2.05) is 12.1 Å². The molecule has 0 unspecified atom stereocenters. The maximum Gasteiger partial charge on any atom is 0.318 e. The minimum atomic E-state index is -0.521. The second-order valence-corrected chi connectivity index (χ2v) is 9.17. The number of anilines is 2. The van der Waals surface area contributed by atoms with Gasteiger partial charge in [-0.05, 0) is 61.0 Å². The fourth-order valence-electron chi connectivity index (χ4n) is 4.37. The molecule has 0 saturated carbocycles. The maximum atomic E-state index is 14.0. The average Bonchev–Trinajstić information content (AvgIpc) is 2.94. The number of urea groups is 1. The molecule has 3 aromatic rings. The van der Waals surface area contributed by atoms with Gasteiger partial charge in [0.05, 0.1) is 5.56 Å². The first-order chi connectivity index (χ1) is 18.8. The Morgan fingerprint density at radius 2 is 1.54 bits per heavy atom. The molecule has 1 heterocycles. The molecule has 8 nitrogen and oxygen atoms in total. The van der Waals surface area contributed by atoms with Crippen molar-refractivity contribution in [1.29, 1.82) is 0 Å². The van der Waals surface area contributed by atoms with Crippen molar-refractivity contribution in [3.05, 3.63) is 95.6 Å². The number of halogens is 2. The molecular formula is C29H31F2N5O3. The largest absolute Gasteiger partial charge is 0.368 e. The van der Waals surface area contributed by atoms with Gasteiger partial charge in [-0.1, -0.05) is 24.3 Å². The summed E-state index contributed by atoms with van der Waals surface area (Å²) in [4.78, 5) is 43.0. The molecule has 0 aliphatic carbocycles. The van der Waals surface area contributed by atoms with Crippen LogP contribution in [0.5, 0.6) is 0 Å². The van der Waals surface area contributed by atoms with Crippen molar-refractivity contribution < 1.29 is 23.2 Å². The van der Waals surface area contributed by atoms with Crippen LogP contribution >= 0.6 is 0 Å². The maximum absolute atomic E-state index is 14.0. The quantitative estimate of drug-likeness (QED) is 0.455. The smallest absolute Gasteiger partial charge is 0.318 e. The van der Waals surface area contributed by atoms with Crippen LogP contribution in [0.2, 0.25) is 0 Å². The monoisotopic (exact) mass is 535 g/mol. The standard InChI is InChI=1S/C29H31F2N5O3/c1-2-32-29(39)36(19-21-7-9-22(30)10-8-21)20-27(37)33-23-11-13-24(14-12-23)34-15-17-35(18-16-34)28(38)25-5-3-4-6-26(25)31/h3-14H,2,15-20H2,1H3,(H,32,39)(H,33,37). The van der Waals surface area contributed by atoms with Crippen molar-refractivity contribution in [1.82, 2.24) is 15.1 Å². The molecular weight excluding hydrogens is 504 g/mol. The van der Waals surface area contributed by atoms with E-state index >= 15 is 0 Å². The number of amides is 4. The van der Waals surface area contributed by atoms with Gasteiger partial charge >= 0.3 is 6.03 Å². The van der Waals surface area contributed by atoms with Crippen LogP contribution in [-0.2, 0) is 11.3 Å². The first kappa shape index (κ1) is 27.6. The third-order valence-electron chi connectivity index (χ3n) is 6.42. The summed E-state index contributed by atoms with van der Waals surface area (Å²) >= 11 is 0. The number of hydrogen-bond acceptors (Lipinski definition) is 4. The fourth-order valence-corrected chi connectivity index (χ4v) is 4.37. The molecule has 0 radical (unpaired) electrons. The summed E-state index contributed by atoms with van der Waals surface area (Å²) in [7, 11) is 0. The van der Waals surface area contributed by atoms with Gasteiger partial charge in [-0.15, -0.1) is 0 Å². The second-order valence-electron chi connectivity index (χ2n) is 9.17. The zero-order valence-electron chi connectivity index (χ0n) is 21.7. The van der Waals surface area contributed by atoms with Gasteiger partial charge in [0.2, 0.25) is 5.91 Å². The first-order valence-electron chi connectivity index (χ1n) is 12.8. The van der Waals surface area contributed by atoms with Gasteiger partial charge in [-0.25, -0.2) is 13.6 Å². The van der Waals surface area contributed by atoms with E-state index in [0.717, 1.165) is 5.69 Å². The van der Waals surface area contributed by atoms with Crippen LogP contribution < -0.4 is 15.5 Å². The Kier molecular flexibility index (Phi) is 9.09. The van der Waals surface area contributed by atoms with E-state index in [2.05, 4.69) is 15.5 Å². The van der Waals surface area contributed by atoms with Crippen molar-refractivity contribution >= 4 is 29.2 Å². The van der Waals surface area contributed by atoms with Crippen LogP contribution in [0, 0.1) is 11.6 Å². The van der Waals surface area contributed by atoms with Crippen molar-refractivity contribution in [2.75, 3.05) is 49.5 Å². The lowest BCUT2D eigenvalue weighted by Gasteiger charge is -2.36. The number of nitrogens with one attached hydrogen (secondary N) is 2. The minimum Gasteiger partial charge on any atom is -0.368 e. The topological polar surface area (TPSA) is 85.0 Å². The third-order valence-corrected chi connectivity index (χ3v) is 6.42. The molecule has 0 aromatic heterocycles. The molecule has 4 rings (SSSR count). The Morgan fingerprint density at radius 3 is 2.18 bits per heavy atom. The molecule has 1 saturated heterocycles. The molecule has 3 aromatic carbocycles. The lowest BCUT2D eigenvalue weighted by molar-refractivity contribution is -0.116. The summed E-state index contributed by atoms with van der Waals surface area (Å²) in [6.45, 7) is 4.30. The van der Waals surface area contributed by atoms with E-state index in [9.17, 15) is 23.2 Å². The lowest BCUT2D eigenvalue weighted by atomic mass is 10.1. The van der Waals surface area contributed by atoms with Gasteiger partial charge in [0, 0.05) is 50.6 Å². The van der Waals surface area contributed by atoms with Gasteiger partial charge in [0.1, 0.15) is 18.2 Å². The summed E-state index contributed by atoms with van der Waals surface area (Å²) in [5.41, 5.74) is 2.30. The van der Waals surface area contributed by atoms with E-state index in [0.29, 0.717) is 44.0 Å². The number of piperazine rings is 1. The molecule has 4 amide bonds. The lowest BCUT2D eigenvalue weighted by Crippen LogP contribution is -2.49. The number of hydrogen-bond donors (Lipinski definition) is 2. The summed E-state index contributed by atoms with van der Waals surface area (Å²) in [6, 6.07) is 18.7. The summed E-state index contributed by atoms with van der Waals surface area (Å²) in [6.07, 6.45) is 0. The highest BCUT2D eigenvalue weighted by Crippen LogP contribution is 2.21. The number of rotatable bonds is 8. The molecule has 1 fully saturated rings. The van der Waals surface area contributed by atoms with E-state index in [1.165, 1.54) is 29.2 Å². The third kappa shape index (κ3) is 7.31. The highest BCUT2D eigenvalue weighted by Gasteiger charge is 2.24. The van der Waals surface area contributed by atoms with Crippen LogP contribution in [0.4, 0.5) is 25.0 Å². The highest BCUT2D eigenvalue weighted by atomic mass is 19.1. The predicted octanol–water partition coefficient (Wildman–Crippen LogP) is 4.10. The van der Waals surface area contributed by atoms with E-state index in [1.54, 1.807) is 48.2 Å². The van der Waals surface area contributed by atoms with Gasteiger partial charge in [-0.3, -0.25) is 9.59 Å². The molecule has 2 N–H and O–H groups in total. The van der Waals surface area contributed by atoms with Gasteiger partial charge in [-0.2, -0.15) is 0 Å². The molecule has 204 valence electrons. The van der Waals surface area contributed by atoms with Gasteiger partial charge in [0.25, 0.3) is 5.91 Å². The Morgan fingerprint density at radius 1 is 0.872 bits per heavy atom. The fraction of sp³-hybridized carbons (Fsp3) is 0.276. The van der Waals surface area contributed by atoms with Crippen LogP contribution in [0.25, 0.3) is 0 Å². The second kappa shape index (κ2) is 12.9. The zero-order valence-corrected chi connectivity index (χ0v) is 21.7. The molecule has 1 aliphatic heterocycles. The number of benzene rings is 3. The number of carbonyl (C=O) groups excluding carboxylic acids is 3. The number of nitrogens with zero attached hydrogens (tertiary/aromatic N) is 3.